The van der Waals surface area contributed by atoms with Crippen LogP contribution in [-0.2, 0) is 21.6 Å². The van der Waals surface area contributed by atoms with Gasteiger partial charge in [-0.3, -0.25) is 4.79 Å². The highest BCUT2D eigenvalue weighted by atomic mass is 32.2. The average molecular weight is 382 g/mol. The second-order valence-electron chi connectivity index (χ2n) is 6.00. The van der Waals surface area contributed by atoms with E-state index in [9.17, 15) is 18.3 Å². The number of ether oxygens (including phenoxy) is 2. The predicted octanol–water partition coefficient (Wildman–Crippen LogP) is 1.75. The highest BCUT2D eigenvalue weighted by Crippen LogP contribution is 2.34. The zero-order valence-corrected chi connectivity index (χ0v) is 16.3. The van der Waals surface area contributed by atoms with Gasteiger partial charge >= 0.3 is 0 Å². The fraction of sp³-hybridized carbons (Fsp3) is 0.412. The van der Waals surface area contributed by atoms with E-state index in [0.29, 0.717) is 11.3 Å². The van der Waals surface area contributed by atoms with Gasteiger partial charge in [0.05, 0.1) is 5.69 Å². The fourth-order valence-electron chi connectivity index (χ4n) is 2.61. The van der Waals surface area contributed by atoms with Crippen molar-refractivity contribution in [2.45, 2.75) is 32.0 Å². The lowest BCUT2D eigenvalue weighted by Gasteiger charge is -2.19. The molecular weight excluding hydrogens is 360 g/mol. The minimum Gasteiger partial charge on any atom is -0.493 e. The summed E-state index contributed by atoms with van der Waals surface area (Å²) in [5.74, 6) is -0.680. The standard InChI is InChI=1S/C17H22N2O6S/c1-9-12(15(20)14-10(2)18-19(4)17(14)21)7-8-13(26(6,22)23)16(9)25-11(3)24-5/h7-8,11,21H,1-6H3. The summed E-state index contributed by atoms with van der Waals surface area (Å²) in [7, 11) is -0.643. The van der Waals surface area contributed by atoms with Gasteiger partial charge in [-0.05, 0) is 32.9 Å². The van der Waals surface area contributed by atoms with E-state index in [1.54, 1.807) is 20.8 Å². The smallest absolute Gasteiger partial charge is 0.220 e. The van der Waals surface area contributed by atoms with E-state index in [2.05, 4.69) is 5.10 Å². The highest BCUT2D eigenvalue weighted by Gasteiger charge is 2.27. The summed E-state index contributed by atoms with van der Waals surface area (Å²) in [4.78, 5) is 12.9. The SMILES string of the molecule is COC(C)Oc1c(S(C)(=O)=O)ccc(C(=O)c2c(C)nn(C)c2O)c1C. The summed E-state index contributed by atoms with van der Waals surface area (Å²) in [5, 5.41) is 14.1. The van der Waals surface area contributed by atoms with Crippen LogP contribution in [0.25, 0.3) is 0 Å². The quantitative estimate of drug-likeness (QED) is 0.599. The van der Waals surface area contributed by atoms with E-state index in [4.69, 9.17) is 9.47 Å². The maximum absolute atomic E-state index is 12.9. The molecule has 1 N–H and O–H groups in total. The lowest BCUT2D eigenvalue weighted by atomic mass is 9.98. The summed E-state index contributed by atoms with van der Waals surface area (Å²) in [6, 6.07) is 2.72. The molecule has 0 aliphatic heterocycles. The third kappa shape index (κ3) is 3.58. The molecule has 0 radical (unpaired) electrons. The molecule has 0 saturated heterocycles. The Bertz CT molecular complexity index is 962. The van der Waals surface area contributed by atoms with Crippen LogP contribution in [0.5, 0.6) is 11.6 Å². The molecule has 26 heavy (non-hydrogen) atoms. The predicted molar refractivity (Wildman–Crippen MR) is 94.4 cm³/mol. The summed E-state index contributed by atoms with van der Waals surface area (Å²) >= 11 is 0. The summed E-state index contributed by atoms with van der Waals surface area (Å²) < 4.78 is 36.0. The number of benzene rings is 1. The van der Waals surface area contributed by atoms with Gasteiger partial charge < -0.3 is 14.6 Å². The first-order valence-electron chi connectivity index (χ1n) is 7.79. The van der Waals surface area contributed by atoms with E-state index >= 15 is 0 Å². The van der Waals surface area contributed by atoms with Gasteiger partial charge in [0.1, 0.15) is 16.2 Å². The molecule has 1 aromatic carbocycles. The topological polar surface area (TPSA) is 108 Å². The number of rotatable bonds is 6. The molecule has 0 fully saturated rings. The number of carbonyl (C=O) groups is 1. The van der Waals surface area contributed by atoms with Crippen LogP contribution in [0.2, 0.25) is 0 Å². The van der Waals surface area contributed by atoms with Gasteiger partial charge in [-0.25, -0.2) is 13.1 Å². The van der Waals surface area contributed by atoms with Crippen molar-refractivity contribution in [1.82, 2.24) is 9.78 Å². The second-order valence-corrected chi connectivity index (χ2v) is 7.98. The van der Waals surface area contributed by atoms with Crippen molar-refractivity contribution in [2.75, 3.05) is 13.4 Å². The van der Waals surface area contributed by atoms with Crippen LogP contribution in [0.4, 0.5) is 0 Å². The number of carbonyl (C=O) groups excluding carboxylic acids is 1. The first-order valence-corrected chi connectivity index (χ1v) is 9.68. The molecule has 0 spiro atoms. The Morgan fingerprint density at radius 2 is 1.92 bits per heavy atom. The maximum Gasteiger partial charge on any atom is 0.220 e. The van der Waals surface area contributed by atoms with Crippen molar-refractivity contribution in [1.29, 1.82) is 0 Å². The monoisotopic (exact) mass is 382 g/mol. The van der Waals surface area contributed by atoms with E-state index in [1.807, 2.05) is 0 Å². The van der Waals surface area contributed by atoms with Gasteiger partial charge in [0.2, 0.25) is 11.7 Å². The molecule has 9 heteroatoms. The van der Waals surface area contributed by atoms with Crippen LogP contribution in [0.1, 0.15) is 34.1 Å². The summed E-state index contributed by atoms with van der Waals surface area (Å²) in [5.41, 5.74) is 0.981. The van der Waals surface area contributed by atoms with Crippen molar-refractivity contribution in [3.8, 4) is 11.6 Å². The number of hydrogen-bond donors (Lipinski definition) is 1. The van der Waals surface area contributed by atoms with Crippen molar-refractivity contribution in [2.24, 2.45) is 7.05 Å². The molecule has 1 aromatic heterocycles. The molecule has 0 saturated carbocycles. The van der Waals surface area contributed by atoms with Crippen LogP contribution in [0, 0.1) is 13.8 Å². The zero-order valence-electron chi connectivity index (χ0n) is 15.5. The molecule has 1 unspecified atom stereocenters. The zero-order chi connectivity index (χ0) is 19.8. The van der Waals surface area contributed by atoms with Crippen LogP contribution in [0.3, 0.4) is 0 Å². The number of ketones is 1. The Morgan fingerprint density at radius 1 is 1.31 bits per heavy atom. The molecular formula is C17H22N2O6S. The normalized spacial score (nSPS) is 12.8. The Balaban J connectivity index is 2.68. The first kappa shape index (κ1) is 19.9. The van der Waals surface area contributed by atoms with E-state index in [0.717, 1.165) is 6.26 Å². The average Bonchev–Trinajstić information content (AvgIpc) is 2.79. The minimum absolute atomic E-state index is 0.0393. The summed E-state index contributed by atoms with van der Waals surface area (Å²) in [6.07, 6.45) is 0.345. The molecule has 0 amide bonds. The van der Waals surface area contributed by atoms with E-state index in [-0.39, 0.29) is 27.7 Å². The molecule has 1 heterocycles. The van der Waals surface area contributed by atoms with Gasteiger partial charge in [0.15, 0.2) is 16.1 Å². The second kappa shape index (κ2) is 7.08. The number of aromatic nitrogens is 2. The molecule has 0 aliphatic carbocycles. The number of methoxy groups -OCH3 is 1. The molecule has 142 valence electrons. The Hall–Kier alpha value is -2.39. The van der Waals surface area contributed by atoms with Crippen molar-refractivity contribution in [3.05, 3.63) is 34.5 Å². The lowest BCUT2D eigenvalue weighted by Crippen LogP contribution is -2.18. The van der Waals surface area contributed by atoms with Gasteiger partial charge in [-0.2, -0.15) is 5.10 Å². The molecule has 2 aromatic rings. The van der Waals surface area contributed by atoms with Gasteiger partial charge in [-0.1, -0.05) is 0 Å². The molecule has 1 atom stereocenters. The van der Waals surface area contributed by atoms with Crippen LogP contribution >= 0.6 is 0 Å². The number of aromatic hydroxyl groups is 1. The van der Waals surface area contributed by atoms with Crippen LogP contribution in [-0.4, -0.2) is 48.7 Å². The molecule has 0 aliphatic rings. The van der Waals surface area contributed by atoms with Crippen molar-refractivity contribution in [3.63, 3.8) is 0 Å². The van der Waals surface area contributed by atoms with Gasteiger partial charge in [0.25, 0.3) is 0 Å². The van der Waals surface area contributed by atoms with Crippen LogP contribution in [0.15, 0.2) is 17.0 Å². The first-order chi connectivity index (χ1) is 12.0. The third-order valence-electron chi connectivity index (χ3n) is 4.05. The van der Waals surface area contributed by atoms with Gasteiger partial charge in [0, 0.05) is 31.5 Å². The molecule has 8 nitrogen and oxygen atoms in total. The fourth-order valence-corrected chi connectivity index (χ4v) is 3.47. The molecule has 2 rings (SSSR count). The number of sulfone groups is 1. The van der Waals surface area contributed by atoms with Gasteiger partial charge in [-0.15, -0.1) is 0 Å². The maximum atomic E-state index is 12.9. The minimum atomic E-state index is -3.59. The highest BCUT2D eigenvalue weighted by molar-refractivity contribution is 7.90. The largest absolute Gasteiger partial charge is 0.493 e. The van der Waals surface area contributed by atoms with Crippen LogP contribution < -0.4 is 4.74 Å². The summed E-state index contributed by atoms with van der Waals surface area (Å²) in [6.45, 7) is 4.80. The number of nitrogens with zero attached hydrogens (tertiary/aromatic N) is 2. The lowest BCUT2D eigenvalue weighted by molar-refractivity contribution is -0.0404. The van der Waals surface area contributed by atoms with Crippen molar-refractivity contribution >= 4 is 15.6 Å². The number of hydrogen-bond acceptors (Lipinski definition) is 7. The Labute approximate surface area is 152 Å². The van der Waals surface area contributed by atoms with E-state index in [1.165, 1.54) is 31.0 Å². The number of aryl methyl sites for hydroxylation is 2. The molecule has 0 bridgehead atoms. The van der Waals surface area contributed by atoms with Crippen molar-refractivity contribution < 1.29 is 27.8 Å². The third-order valence-corrected chi connectivity index (χ3v) is 5.17. The van der Waals surface area contributed by atoms with E-state index < -0.39 is 21.9 Å². The Morgan fingerprint density at radius 3 is 2.38 bits per heavy atom. The Kier molecular flexibility index (Phi) is 5.43.